The molecule has 0 radical (unpaired) electrons. The predicted molar refractivity (Wildman–Crippen MR) is 54.5 cm³/mol. The van der Waals surface area contributed by atoms with E-state index in [0.29, 0.717) is 0 Å². The normalized spacial score (nSPS) is 12.0. The van der Waals surface area contributed by atoms with Crippen molar-refractivity contribution in [3.8, 4) is 0 Å². The SMILES string of the molecule is CCSCCCC(C)(CO)CO. The Morgan fingerprint density at radius 1 is 1.25 bits per heavy atom. The van der Waals surface area contributed by atoms with Crippen molar-refractivity contribution in [1.82, 2.24) is 0 Å². The monoisotopic (exact) mass is 192 g/mol. The molecule has 0 atom stereocenters. The van der Waals surface area contributed by atoms with Gasteiger partial charge >= 0.3 is 0 Å². The first kappa shape index (κ1) is 12.3. The van der Waals surface area contributed by atoms with Gasteiger partial charge in [0.05, 0.1) is 13.2 Å². The molecule has 0 aromatic heterocycles. The first-order valence-corrected chi connectivity index (χ1v) is 5.63. The van der Waals surface area contributed by atoms with Crippen molar-refractivity contribution in [3.63, 3.8) is 0 Å². The summed E-state index contributed by atoms with van der Waals surface area (Å²) in [5, 5.41) is 18.0. The van der Waals surface area contributed by atoms with Crippen molar-refractivity contribution in [2.75, 3.05) is 24.7 Å². The smallest absolute Gasteiger partial charge is 0.0506 e. The van der Waals surface area contributed by atoms with Gasteiger partial charge in [-0.3, -0.25) is 0 Å². The highest BCUT2D eigenvalue weighted by atomic mass is 32.2. The average Bonchev–Trinajstić information content (AvgIpc) is 2.12. The molecule has 0 amide bonds. The molecule has 0 rings (SSSR count). The first-order chi connectivity index (χ1) is 5.68. The van der Waals surface area contributed by atoms with E-state index >= 15 is 0 Å². The van der Waals surface area contributed by atoms with Crippen molar-refractivity contribution in [1.29, 1.82) is 0 Å². The molecule has 0 fully saturated rings. The summed E-state index contributed by atoms with van der Waals surface area (Å²) in [6.45, 7) is 4.23. The molecule has 0 aliphatic heterocycles. The van der Waals surface area contributed by atoms with E-state index < -0.39 is 0 Å². The third kappa shape index (κ3) is 5.01. The van der Waals surface area contributed by atoms with Crippen LogP contribution in [0.2, 0.25) is 0 Å². The number of hydrogen-bond acceptors (Lipinski definition) is 3. The molecule has 0 spiro atoms. The standard InChI is InChI=1S/C9H20O2S/c1-3-12-6-4-5-9(2,7-10)8-11/h10-11H,3-8H2,1-2H3. The maximum absolute atomic E-state index is 8.98. The highest BCUT2D eigenvalue weighted by molar-refractivity contribution is 7.99. The zero-order valence-electron chi connectivity index (χ0n) is 8.05. The largest absolute Gasteiger partial charge is 0.396 e. The molecule has 0 aromatic carbocycles. The Morgan fingerprint density at radius 2 is 1.83 bits per heavy atom. The van der Waals surface area contributed by atoms with Gasteiger partial charge in [-0.2, -0.15) is 11.8 Å². The third-order valence-electron chi connectivity index (χ3n) is 2.04. The summed E-state index contributed by atoms with van der Waals surface area (Å²) in [6, 6.07) is 0. The lowest BCUT2D eigenvalue weighted by atomic mass is 9.88. The summed E-state index contributed by atoms with van der Waals surface area (Å²) in [5.41, 5.74) is -0.270. The van der Waals surface area contributed by atoms with Crippen LogP contribution in [0, 0.1) is 5.41 Å². The van der Waals surface area contributed by atoms with Crippen molar-refractivity contribution >= 4 is 11.8 Å². The molecular formula is C9H20O2S. The molecule has 0 aliphatic rings. The van der Waals surface area contributed by atoms with Gasteiger partial charge in [0, 0.05) is 5.41 Å². The second-order valence-electron chi connectivity index (χ2n) is 3.43. The van der Waals surface area contributed by atoms with E-state index in [-0.39, 0.29) is 18.6 Å². The first-order valence-electron chi connectivity index (χ1n) is 4.48. The van der Waals surface area contributed by atoms with Crippen LogP contribution in [0.1, 0.15) is 26.7 Å². The molecule has 0 bridgehead atoms. The Hall–Kier alpha value is 0.270. The van der Waals surface area contributed by atoms with E-state index in [9.17, 15) is 0 Å². The van der Waals surface area contributed by atoms with Crippen molar-refractivity contribution in [2.24, 2.45) is 5.41 Å². The molecule has 0 aliphatic carbocycles. The molecule has 2 N–H and O–H groups in total. The van der Waals surface area contributed by atoms with Crippen LogP contribution in [-0.4, -0.2) is 34.9 Å². The molecule has 0 heterocycles. The predicted octanol–water partition coefficient (Wildman–Crippen LogP) is 1.51. The molecule has 2 nitrogen and oxygen atoms in total. The second kappa shape index (κ2) is 6.75. The van der Waals surface area contributed by atoms with Crippen molar-refractivity contribution in [3.05, 3.63) is 0 Å². The summed E-state index contributed by atoms with van der Waals surface area (Å²) in [6.07, 6.45) is 1.99. The van der Waals surface area contributed by atoms with Gasteiger partial charge in [-0.25, -0.2) is 0 Å². The molecule has 0 saturated carbocycles. The number of thioether (sulfide) groups is 1. The van der Waals surface area contributed by atoms with Crippen LogP contribution in [0.15, 0.2) is 0 Å². The Balaban J connectivity index is 3.45. The van der Waals surface area contributed by atoms with Crippen LogP contribution >= 0.6 is 11.8 Å². The van der Waals surface area contributed by atoms with E-state index in [2.05, 4.69) is 6.92 Å². The van der Waals surface area contributed by atoms with E-state index in [1.165, 1.54) is 0 Å². The molecular weight excluding hydrogens is 172 g/mol. The summed E-state index contributed by atoms with van der Waals surface area (Å²) < 4.78 is 0. The molecule has 12 heavy (non-hydrogen) atoms. The highest BCUT2D eigenvalue weighted by Gasteiger charge is 2.21. The van der Waals surface area contributed by atoms with E-state index in [4.69, 9.17) is 10.2 Å². The number of aliphatic hydroxyl groups is 2. The van der Waals surface area contributed by atoms with Gasteiger partial charge in [0.25, 0.3) is 0 Å². The zero-order chi connectivity index (χ0) is 9.45. The van der Waals surface area contributed by atoms with E-state index in [0.717, 1.165) is 24.3 Å². The minimum absolute atomic E-state index is 0.0836. The molecule has 74 valence electrons. The lowest BCUT2D eigenvalue weighted by molar-refractivity contribution is 0.0625. The number of rotatable bonds is 7. The van der Waals surface area contributed by atoms with Crippen molar-refractivity contribution < 1.29 is 10.2 Å². The minimum Gasteiger partial charge on any atom is -0.396 e. The van der Waals surface area contributed by atoms with E-state index in [1.807, 2.05) is 18.7 Å². The third-order valence-corrected chi connectivity index (χ3v) is 3.02. The quantitative estimate of drug-likeness (QED) is 0.601. The van der Waals surface area contributed by atoms with Gasteiger partial charge in [0.2, 0.25) is 0 Å². The van der Waals surface area contributed by atoms with Crippen LogP contribution < -0.4 is 0 Å². The van der Waals surface area contributed by atoms with Crippen LogP contribution in [0.3, 0.4) is 0 Å². The maximum Gasteiger partial charge on any atom is 0.0506 e. The van der Waals surface area contributed by atoms with Crippen LogP contribution in [-0.2, 0) is 0 Å². The highest BCUT2D eigenvalue weighted by Crippen LogP contribution is 2.22. The van der Waals surface area contributed by atoms with Crippen molar-refractivity contribution in [2.45, 2.75) is 26.7 Å². The van der Waals surface area contributed by atoms with E-state index in [1.54, 1.807) is 0 Å². The summed E-state index contributed by atoms with van der Waals surface area (Å²) in [7, 11) is 0. The number of hydrogen-bond donors (Lipinski definition) is 2. The van der Waals surface area contributed by atoms with Crippen LogP contribution in [0.25, 0.3) is 0 Å². The Labute approximate surface area is 79.4 Å². The van der Waals surface area contributed by atoms with Gasteiger partial charge < -0.3 is 10.2 Å². The fourth-order valence-corrected chi connectivity index (χ4v) is 1.59. The fraction of sp³-hybridized carbons (Fsp3) is 1.00. The number of aliphatic hydroxyl groups excluding tert-OH is 2. The average molecular weight is 192 g/mol. The van der Waals surface area contributed by atoms with Gasteiger partial charge in [-0.15, -0.1) is 0 Å². The van der Waals surface area contributed by atoms with Crippen LogP contribution in [0.4, 0.5) is 0 Å². The summed E-state index contributed by atoms with van der Waals surface area (Å²) in [5.74, 6) is 2.28. The lowest BCUT2D eigenvalue weighted by Crippen LogP contribution is -2.25. The fourth-order valence-electron chi connectivity index (χ4n) is 0.953. The van der Waals surface area contributed by atoms with Gasteiger partial charge in [0.1, 0.15) is 0 Å². The van der Waals surface area contributed by atoms with Gasteiger partial charge in [0.15, 0.2) is 0 Å². The van der Waals surface area contributed by atoms with Crippen LogP contribution in [0.5, 0.6) is 0 Å². The Bertz CT molecular complexity index is 103. The molecule has 0 saturated heterocycles. The Morgan fingerprint density at radius 3 is 2.25 bits per heavy atom. The molecule has 3 heteroatoms. The molecule has 0 aromatic rings. The maximum atomic E-state index is 8.98. The summed E-state index contributed by atoms with van der Waals surface area (Å²) >= 11 is 1.91. The molecule has 0 unspecified atom stereocenters. The zero-order valence-corrected chi connectivity index (χ0v) is 8.86. The Kier molecular flexibility index (Phi) is 6.90. The van der Waals surface area contributed by atoms with Gasteiger partial charge in [-0.05, 0) is 24.3 Å². The summed E-state index contributed by atoms with van der Waals surface area (Å²) in [4.78, 5) is 0. The van der Waals surface area contributed by atoms with Gasteiger partial charge in [-0.1, -0.05) is 13.8 Å². The lowest BCUT2D eigenvalue weighted by Gasteiger charge is -2.24. The second-order valence-corrected chi connectivity index (χ2v) is 4.82. The minimum atomic E-state index is -0.270. The topological polar surface area (TPSA) is 40.5 Å².